The van der Waals surface area contributed by atoms with Crippen molar-refractivity contribution in [1.29, 1.82) is 0 Å². The van der Waals surface area contributed by atoms with Crippen LogP contribution in [0.3, 0.4) is 0 Å². The molecule has 1 nitrogen and oxygen atoms in total. The average molecular weight is 180 g/mol. The molecule has 2 N–H and O–H groups in total. The van der Waals surface area contributed by atoms with Gasteiger partial charge in [-0.05, 0) is 0 Å². The molecule has 0 heterocycles. The third kappa shape index (κ3) is 2.99. The Morgan fingerprint density at radius 3 is 1.92 bits per heavy atom. The van der Waals surface area contributed by atoms with Crippen molar-refractivity contribution in [3.05, 3.63) is 30.3 Å². The Morgan fingerprint density at radius 2 is 1.50 bits per heavy atom. The standard InChI is InChI=1S/C6H5.2C2H5.Al.H2O/c1-2-4-6-5-3-1;2*1-2;;/h1-5H;2*1H2,2H3;;1H2. The summed E-state index contributed by atoms with van der Waals surface area (Å²) in [6.07, 6.45) is 0. The van der Waals surface area contributed by atoms with Gasteiger partial charge in [0.05, 0.1) is 0 Å². The van der Waals surface area contributed by atoms with Crippen molar-refractivity contribution >= 4 is 18.6 Å². The summed E-state index contributed by atoms with van der Waals surface area (Å²) in [7, 11) is 0. The first-order chi connectivity index (χ1) is 5.38. The van der Waals surface area contributed by atoms with Crippen LogP contribution in [0.1, 0.15) is 13.8 Å². The van der Waals surface area contributed by atoms with Crippen LogP contribution in [0.25, 0.3) is 0 Å². The molecule has 0 fully saturated rings. The van der Waals surface area contributed by atoms with Gasteiger partial charge >= 0.3 is 14.1 Å². The molecule has 0 aliphatic carbocycles. The maximum atomic E-state index is 2.31. The van der Waals surface area contributed by atoms with Crippen LogP contribution in [0, 0.1) is 0 Å². The second kappa shape index (κ2) is 6.25. The molecule has 1 rings (SSSR count). The van der Waals surface area contributed by atoms with E-state index < -0.39 is 14.1 Å². The number of rotatable bonds is 3. The van der Waals surface area contributed by atoms with Crippen LogP contribution in [0.15, 0.2) is 30.3 Å². The Hall–Kier alpha value is -0.288. The van der Waals surface area contributed by atoms with Crippen molar-refractivity contribution in [2.45, 2.75) is 24.4 Å². The average Bonchev–Trinajstić information content (AvgIpc) is 2.09. The van der Waals surface area contributed by atoms with E-state index in [9.17, 15) is 0 Å². The van der Waals surface area contributed by atoms with E-state index in [-0.39, 0.29) is 5.48 Å². The fraction of sp³-hybridized carbons (Fsp3) is 0.400. The third-order valence-electron chi connectivity index (χ3n) is 2.26. The van der Waals surface area contributed by atoms with Crippen molar-refractivity contribution < 1.29 is 5.48 Å². The van der Waals surface area contributed by atoms with Crippen LogP contribution in [0.5, 0.6) is 0 Å². The van der Waals surface area contributed by atoms with Crippen LogP contribution in [-0.2, 0) is 0 Å². The minimum Gasteiger partial charge on any atom is -0.412 e. The lowest BCUT2D eigenvalue weighted by atomic mass is 10.4. The van der Waals surface area contributed by atoms with Gasteiger partial charge in [0.15, 0.2) is 0 Å². The quantitative estimate of drug-likeness (QED) is 0.633. The Labute approximate surface area is 79.1 Å². The number of benzene rings is 1. The molecule has 66 valence electrons. The lowest BCUT2D eigenvalue weighted by Crippen LogP contribution is -2.27. The van der Waals surface area contributed by atoms with Gasteiger partial charge in [0.25, 0.3) is 0 Å². The van der Waals surface area contributed by atoms with E-state index in [4.69, 9.17) is 0 Å². The van der Waals surface area contributed by atoms with Gasteiger partial charge in [0, 0.05) is 0 Å². The normalized spacial score (nSPS) is 8.83. The van der Waals surface area contributed by atoms with Crippen molar-refractivity contribution in [2.75, 3.05) is 0 Å². The first kappa shape index (κ1) is 11.7. The van der Waals surface area contributed by atoms with Gasteiger partial charge in [-0.15, -0.1) is 4.43 Å². The summed E-state index contributed by atoms with van der Waals surface area (Å²) in [6.45, 7) is 4.63. The Bertz CT molecular complexity index is 194. The minimum atomic E-state index is -0.550. The van der Waals surface area contributed by atoms with E-state index in [2.05, 4.69) is 44.2 Å². The van der Waals surface area contributed by atoms with Gasteiger partial charge in [-0.2, -0.15) is 0 Å². The zero-order valence-corrected chi connectivity index (χ0v) is 9.03. The highest BCUT2D eigenvalue weighted by atomic mass is 27.2. The molecular weight excluding hydrogens is 163 g/mol. The monoisotopic (exact) mass is 180 g/mol. The molecule has 0 bridgehead atoms. The second-order valence-corrected chi connectivity index (χ2v) is 6.62. The summed E-state index contributed by atoms with van der Waals surface area (Å²) in [6, 6.07) is 11.0. The van der Waals surface area contributed by atoms with Gasteiger partial charge < -0.3 is 5.48 Å². The molecular formula is C10H17AlO. The first-order valence-electron chi connectivity index (χ1n) is 4.43. The Morgan fingerprint density at radius 1 is 1.00 bits per heavy atom. The van der Waals surface area contributed by atoms with Crippen LogP contribution in [0.2, 0.25) is 10.6 Å². The molecule has 2 heteroatoms. The van der Waals surface area contributed by atoms with Crippen LogP contribution < -0.4 is 4.43 Å². The van der Waals surface area contributed by atoms with Gasteiger partial charge in [0.1, 0.15) is 0 Å². The summed E-state index contributed by atoms with van der Waals surface area (Å²) >= 11 is -0.550. The molecule has 0 aromatic heterocycles. The number of hydrogen-bond donors (Lipinski definition) is 0. The highest BCUT2D eigenvalue weighted by Gasteiger charge is 2.12. The van der Waals surface area contributed by atoms with Crippen molar-refractivity contribution in [1.82, 2.24) is 0 Å². The minimum absolute atomic E-state index is 0. The van der Waals surface area contributed by atoms with E-state index in [0.29, 0.717) is 0 Å². The molecule has 0 atom stereocenters. The van der Waals surface area contributed by atoms with Crippen molar-refractivity contribution in [3.63, 3.8) is 0 Å². The van der Waals surface area contributed by atoms with E-state index in [1.165, 1.54) is 10.6 Å². The molecule has 0 aliphatic rings. The molecule has 12 heavy (non-hydrogen) atoms. The Balaban J connectivity index is 0.00000121. The van der Waals surface area contributed by atoms with Gasteiger partial charge in [-0.3, -0.25) is 0 Å². The molecule has 0 aliphatic heterocycles. The van der Waals surface area contributed by atoms with E-state index in [0.717, 1.165) is 0 Å². The van der Waals surface area contributed by atoms with E-state index in [1.54, 1.807) is 4.43 Å². The molecule has 0 amide bonds. The maximum Gasteiger partial charge on any atom is 0.305 e. The SMILES string of the molecule is C[CH2][Al]([CH2]C)[c]1ccccc1.O. The highest BCUT2D eigenvalue weighted by Crippen LogP contribution is 1.98. The fourth-order valence-corrected chi connectivity index (χ4v) is 3.77. The summed E-state index contributed by atoms with van der Waals surface area (Å²) in [5.74, 6) is 0. The lowest BCUT2D eigenvalue weighted by Gasteiger charge is -2.05. The van der Waals surface area contributed by atoms with Crippen LogP contribution >= 0.6 is 0 Å². The molecule has 0 saturated heterocycles. The fourth-order valence-electron chi connectivity index (χ4n) is 1.49. The van der Waals surface area contributed by atoms with Crippen molar-refractivity contribution in [2.24, 2.45) is 0 Å². The van der Waals surface area contributed by atoms with E-state index in [1.807, 2.05) is 0 Å². The third-order valence-corrected chi connectivity index (χ3v) is 5.56. The van der Waals surface area contributed by atoms with E-state index >= 15 is 0 Å². The van der Waals surface area contributed by atoms with Gasteiger partial charge in [-0.25, -0.2) is 0 Å². The Kier molecular flexibility index (Phi) is 6.10. The lowest BCUT2D eigenvalue weighted by molar-refractivity contribution is 0.824. The highest BCUT2D eigenvalue weighted by molar-refractivity contribution is 6.73. The smallest absolute Gasteiger partial charge is 0.305 e. The first-order valence-corrected chi connectivity index (χ1v) is 6.64. The predicted octanol–water partition coefficient (Wildman–Crippen LogP) is 1.60. The molecule has 0 spiro atoms. The summed E-state index contributed by atoms with van der Waals surface area (Å²) in [5, 5.41) is 2.78. The molecule has 1 aromatic carbocycles. The maximum absolute atomic E-state index is 2.31. The number of hydrogen-bond acceptors (Lipinski definition) is 0. The van der Waals surface area contributed by atoms with Crippen molar-refractivity contribution in [3.8, 4) is 0 Å². The van der Waals surface area contributed by atoms with Gasteiger partial charge in [-0.1, -0.05) is 54.7 Å². The van der Waals surface area contributed by atoms with Gasteiger partial charge in [0.2, 0.25) is 0 Å². The largest absolute Gasteiger partial charge is 0.412 e. The zero-order valence-electron chi connectivity index (χ0n) is 7.88. The predicted molar refractivity (Wildman–Crippen MR) is 56.4 cm³/mol. The summed E-state index contributed by atoms with van der Waals surface area (Å²) in [4.78, 5) is 0. The molecule has 1 aromatic rings. The van der Waals surface area contributed by atoms with Crippen LogP contribution in [-0.4, -0.2) is 19.6 Å². The molecule has 0 radical (unpaired) electrons. The molecule has 0 unspecified atom stereocenters. The summed E-state index contributed by atoms with van der Waals surface area (Å²) < 4.78 is 1.62. The topological polar surface area (TPSA) is 31.5 Å². The zero-order chi connectivity index (χ0) is 8.10. The molecule has 0 saturated carbocycles. The van der Waals surface area contributed by atoms with Crippen LogP contribution in [0.4, 0.5) is 0 Å². The second-order valence-electron chi connectivity index (χ2n) is 2.92. The summed E-state index contributed by atoms with van der Waals surface area (Å²) in [5.41, 5.74) is 0.